The lowest BCUT2D eigenvalue weighted by Gasteiger charge is -2.21. The molecule has 7 amide bonds. The summed E-state index contributed by atoms with van der Waals surface area (Å²) in [6.45, 7) is -0.521. The molecule has 0 bridgehead atoms. The highest BCUT2D eigenvalue weighted by Crippen LogP contribution is 2.07. The van der Waals surface area contributed by atoms with Crippen LogP contribution in [0.1, 0.15) is 50.5 Å². The van der Waals surface area contributed by atoms with Crippen molar-refractivity contribution in [2.45, 2.75) is 69.5 Å². The van der Waals surface area contributed by atoms with E-state index in [4.69, 9.17) is 11.5 Å². The average molecular weight is 687 g/mol. The van der Waals surface area contributed by atoms with E-state index in [-0.39, 0.29) is 32.2 Å². The summed E-state index contributed by atoms with van der Waals surface area (Å²) in [4.78, 5) is 99.9. The van der Waals surface area contributed by atoms with E-state index in [2.05, 4.69) is 26.6 Å². The molecule has 0 saturated heterocycles. The third-order valence-corrected chi connectivity index (χ3v) is 7.42. The van der Waals surface area contributed by atoms with Gasteiger partial charge in [-0.25, -0.2) is 4.79 Å². The number of carboxylic acids is 1. The summed E-state index contributed by atoms with van der Waals surface area (Å²) in [6, 6.07) is 5.38. The van der Waals surface area contributed by atoms with Crippen molar-refractivity contribution >= 4 is 47.3 Å². The van der Waals surface area contributed by atoms with Crippen molar-refractivity contribution in [1.82, 2.24) is 31.5 Å². The second-order valence-electron chi connectivity index (χ2n) is 11.3. The monoisotopic (exact) mass is 686 g/mol. The number of unbranched alkanes of at least 4 members (excludes halogenated alkanes) is 2. The summed E-state index contributed by atoms with van der Waals surface area (Å²) < 4.78 is 0. The van der Waals surface area contributed by atoms with Gasteiger partial charge in [0.05, 0.1) is 13.1 Å². The van der Waals surface area contributed by atoms with Gasteiger partial charge in [0.2, 0.25) is 29.5 Å². The fourth-order valence-electron chi connectivity index (χ4n) is 4.77. The summed E-state index contributed by atoms with van der Waals surface area (Å²) in [6.07, 6.45) is 4.51. The van der Waals surface area contributed by atoms with E-state index in [1.807, 2.05) is 0 Å². The van der Waals surface area contributed by atoms with E-state index in [1.54, 1.807) is 30.3 Å². The Balaban J connectivity index is 1.98. The maximum Gasteiger partial charge on any atom is 0.326 e. The molecule has 10 N–H and O–H groups in total. The number of rotatable bonds is 23. The molecule has 0 unspecified atom stereocenters. The number of nitrogens with two attached hydrogens (primary N) is 2. The average Bonchev–Trinajstić information content (AvgIpc) is 3.40. The van der Waals surface area contributed by atoms with E-state index in [0.717, 1.165) is 17.1 Å². The molecule has 0 aliphatic carbocycles. The van der Waals surface area contributed by atoms with Crippen molar-refractivity contribution in [3.05, 3.63) is 48.0 Å². The lowest BCUT2D eigenvalue weighted by atomic mass is 10.1. The molecule has 1 aliphatic rings. The highest BCUT2D eigenvalue weighted by atomic mass is 16.4. The molecule has 0 spiro atoms. The van der Waals surface area contributed by atoms with Crippen molar-refractivity contribution in [2.24, 2.45) is 11.5 Å². The Morgan fingerprint density at radius 3 is 1.69 bits per heavy atom. The number of amides is 7. The van der Waals surface area contributed by atoms with Crippen LogP contribution in [0.5, 0.6) is 0 Å². The van der Waals surface area contributed by atoms with Gasteiger partial charge in [0.25, 0.3) is 11.8 Å². The highest BCUT2D eigenvalue weighted by Gasteiger charge is 2.27. The van der Waals surface area contributed by atoms with Gasteiger partial charge in [0.1, 0.15) is 18.1 Å². The van der Waals surface area contributed by atoms with E-state index in [9.17, 15) is 43.5 Å². The molecule has 0 aromatic heterocycles. The van der Waals surface area contributed by atoms with Crippen LogP contribution < -0.4 is 38.1 Å². The van der Waals surface area contributed by atoms with Gasteiger partial charge < -0.3 is 43.2 Å². The second kappa shape index (κ2) is 21.7. The first-order chi connectivity index (χ1) is 23.4. The molecule has 0 saturated carbocycles. The minimum Gasteiger partial charge on any atom is -0.480 e. The number of hydrogen-bond donors (Lipinski definition) is 8. The Kier molecular flexibility index (Phi) is 17.7. The number of hydrogen-bond acceptors (Lipinski definition) is 10. The zero-order valence-electron chi connectivity index (χ0n) is 27.3. The second-order valence-corrected chi connectivity index (χ2v) is 11.3. The van der Waals surface area contributed by atoms with Crippen LogP contribution in [0.2, 0.25) is 0 Å². The molecule has 1 aliphatic heterocycles. The van der Waals surface area contributed by atoms with Crippen molar-refractivity contribution in [1.29, 1.82) is 0 Å². The van der Waals surface area contributed by atoms with Gasteiger partial charge >= 0.3 is 5.97 Å². The molecule has 268 valence electrons. The first-order valence-corrected chi connectivity index (χ1v) is 16.1. The molecule has 17 heteroatoms. The van der Waals surface area contributed by atoms with Crippen molar-refractivity contribution in [3.63, 3.8) is 0 Å². The number of imide groups is 1. The fraction of sp³-hybridized carbons (Fsp3) is 0.500. The zero-order chi connectivity index (χ0) is 36.2. The SMILES string of the molecule is NCCCC[C@H](NC(=O)CNC(=O)[C@H](Cc1ccccc1)NC(=O)CNC(=O)[C@H](CCCCN)NC(=O)CCN1C(=O)C=CC1=O)C(=O)O. The quantitative estimate of drug-likeness (QED) is 0.0443. The standard InChI is InChI=1S/C32H46N8O9/c33-15-6-4-10-22(37-25(41)14-17-40-28(44)12-13-29(40)45)30(46)35-20-27(43)39-24(18-21-8-2-1-3-9-21)31(47)36-19-26(42)38-23(32(48)49)11-5-7-16-34/h1-3,8-9,12-13,22-24H,4-7,10-11,14-20,33-34H2,(H,35,46)(H,36,47)(H,37,41)(H,38,42)(H,39,43)(H,48,49)/t22-,23-,24-/m0/s1. The molecule has 1 aromatic rings. The Bertz CT molecular complexity index is 1340. The van der Waals surface area contributed by atoms with Crippen molar-refractivity contribution < 1.29 is 43.5 Å². The summed E-state index contributed by atoms with van der Waals surface area (Å²) in [5.41, 5.74) is 11.7. The van der Waals surface area contributed by atoms with Crippen LogP contribution in [0, 0.1) is 0 Å². The number of benzene rings is 1. The Hall–Kier alpha value is -5.16. The Morgan fingerprint density at radius 1 is 0.673 bits per heavy atom. The third kappa shape index (κ3) is 15.1. The summed E-state index contributed by atoms with van der Waals surface area (Å²) >= 11 is 0. The lowest BCUT2D eigenvalue weighted by molar-refractivity contribution is -0.142. The highest BCUT2D eigenvalue weighted by molar-refractivity contribution is 6.13. The minimum absolute atomic E-state index is 0.0418. The molecule has 1 heterocycles. The number of carbonyl (C=O) groups is 8. The summed E-state index contributed by atoms with van der Waals surface area (Å²) in [7, 11) is 0. The summed E-state index contributed by atoms with van der Waals surface area (Å²) in [5.74, 6) is -5.73. The minimum atomic E-state index is -1.22. The van der Waals surface area contributed by atoms with Gasteiger partial charge in [-0.3, -0.25) is 38.5 Å². The van der Waals surface area contributed by atoms with Crippen LogP contribution in [0.25, 0.3) is 0 Å². The van der Waals surface area contributed by atoms with Gasteiger partial charge in [-0.1, -0.05) is 30.3 Å². The van der Waals surface area contributed by atoms with Crippen LogP contribution in [-0.2, 0) is 44.8 Å². The predicted molar refractivity (Wildman–Crippen MR) is 176 cm³/mol. The van der Waals surface area contributed by atoms with Gasteiger partial charge in [-0.05, 0) is 57.2 Å². The van der Waals surface area contributed by atoms with Gasteiger partial charge in [0.15, 0.2) is 0 Å². The van der Waals surface area contributed by atoms with E-state index >= 15 is 0 Å². The number of nitrogens with zero attached hydrogens (tertiary/aromatic N) is 1. The van der Waals surface area contributed by atoms with E-state index < -0.39 is 78.5 Å². The Morgan fingerprint density at radius 2 is 1.16 bits per heavy atom. The van der Waals surface area contributed by atoms with Crippen LogP contribution in [-0.4, -0.2) is 108 Å². The largest absolute Gasteiger partial charge is 0.480 e. The molecule has 2 rings (SSSR count). The van der Waals surface area contributed by atoms with Crippen LogP contribution in [0.15, 0.2) is 42.5 Å². The summed E-state index contributed by atoms with van der Waals surface area (Å²) in [5, 5.41) is 21.7. The molecule has 0 radical (unpaired) electrons. The molecule has 49 heavy (non-hydrogen) atoms. The van der Waals surface area contributed by atoms with Crippen molar-refractivity contribution in [3.8, 4) is 0 Å². The third-order valence-electron chi connectivity index (χ3n) is 7.42. The molecule has 17 nitrogen and oxygen atoms in total. The van der Waals surface area contributed by atoms with Gasteiger partial charge in [-0.15, -0.1) is 0 Å². The first-order valence-electron chi connectivity index (χ1n) is 16.1. The van der Waals surface area contributed by atoms with Crippen molar-refractivity contribution in [2.75, 3.05) is 32.7 Å². The number of aliphatic carboxylic acids is 1. The topological polar surface area (TPSA) is 272 Å². The van der Waals surface area contributed by atoms with Crippen LogP contribution in [0.3, 0.4) is 0 Å². The molecule has 0 fully saturated rings. The maximum absolute atomic E-state index is 13.1. The zero-order valence-corrected chi connectivity index (χ0v) is 27.3. The number of nitrogens with one attached hydrogen (secondary N) is 5. The molecular formula is C32H46N8O9. The van der Waals surface area contributed by atoms with Crippen LogP contribution >= 0.6 is 0 Å². The predicted octanol–water partition coefficient (Wildman–Crippen LogP) is -2.43. The van der Waals surface area contributed by atoms with Gasteiger partial charge in [-0.2, -0.15) is 0 Å². The smallest absolute Gasteiger partial charge is 0.326 e. The van der Waals surface area contributed by atoms with Crippen LogP contribution in [0.4, 0.5) is 0 Å². The number of carboxylic acid groups (broad SMARTS) is 1. The first kappa shape index (κ1) is 40.0. The van der Waals surface area contributed by atoms with E-state index in [1.165, 1.54) is 0 Å². The normalized spacial score (nSPS) is 14.0. The maximum atomic E-state index is 13.1. The van der Waals surface area contributed by atoms with Gasteiger partial charge in [0, 0.05) is 31.5 Å². The molecular weight excluding hydrogens is 640 g/mol. The number of carbonyl (C=O) groups excluding carboxylic acids is 7. The fourth-order valence-corrected chi connectivity index (χ4v) is 4.77. The van der Waals surface area contributed by atoms with E-state index in [0.29, 0.717) is 44.3 Å². The lowest BCUT2D eigenvalue weighted by Crippen LogP contribution is -2.54. The molecule has 1 aromatic carbocycles. The molecule has 3 atom stereocenters. The Labute approximate surface area is 283 Å².